The fourth-order valence-electron chi connectivity index (χ4n) is 2.48. The standard InChI is InChI=1S/C22H24N2O5S/c1-4-20(22(26)29-2)24-21(25)19-13-11-17(12-14-19)6-5-16-7-9-18(10-8-16)15-23-30(3,27)28/h7-14,20,23H,4,15H2,1-3H3,(H,24,25)/t20-/m0/s1. The first-order chi connectivity index (χ1) is 14.2. The number of hydrogen-bond acceptors (Lipinski definition) is 5. The van der Waals surface area contributed by atoms with Gasteiger partial charge in [-0.1, -0.05) is 30.9 Å². The van der Waals surface area contributed by atoms with Crippen LogP contribution in [-0.4, -0.2) is 39.7 Å². The van der Waals surface area contributed by atoms with Gasteiger partial charge < -0.3 is 10.1 Å². The average Bonchev–Trinajstić information content (AvgIpc) is 2.74. The monoisotopic (exact) mass is 428 g/mol. The van der Waals surface area contributed by atoms with E-state index < -0.39 is 22.0 Å². The van der Waals surface area contributed by atoms with E-state index in [0.29, 0.717) is 12.0 Å². The van der Waals surface area contributed by atoms with Crippen molar-refractivity contribution in [2.45, 2.75) is 25.9 Å². The summed E-state index contributed by atoms with van der Waals surface area (Å²) in [6.07, 6.45) is 1.55. The Hall–Kier alpha value is -3.15. The molecule has 7 nitrogen and oxygen atoms in total. The highest BCUT2D eigenvalue weighted by molar-refractivity contribution is 7.88. The zero-order chi connectivity index (χ0) is 22.1. The number of sulfonamides is 1. The summed E-state index contributed by atoms with van der Waals surface area (Å²) in [5.41, 5.74) is 2.77. The van der Waals surface area contributed by atoms with Gasteiger partial charge in [-0.05, 0) is 48.4 Å². The van der Waals surface area contributed by atoms with Crippen LogP contribution in [0.15, 0.2) is 48.5 Å². The molecule has 0 aliphatic rings. The smallest absolute Gasteiger partial charge is 0.328 e. The van der Waals surface area contributed by atoms with Crippen LogP contribution in [0.4, 0.5) is 0 Å². The van der Waals surface area contributed by atoms with E-state index in [1.54, 1.807) is 43.3 Å². The molecule has 2 aromatic carbocycles. The lowest BCUT2D eigenvalue weighted by molar-refractivity contribution is -0.142. The van der Waals surface area contributed by atoms with Crippen molar-refractivity contribution in [2.75, 3.05) is 13.4 Å². The fourth-order valence-corrected chi connectivity index (χ4v) is 2.91. The molecule has 0 unspecified atom stereocenters. The van der Waals surface area contributed by atoms with Crippen molar-refractivity contribution in [1.29, 1.82) is 0 Å². The van der Waals surface area contributed by atoms with Crippen molar-refractivity contribution in [3.63, 3.8) is 0 Å². The number of rotatable bonds is 7. The SMILES string of the molecule is CC[C@H](NC(=O)c1ccc(C#Cc2ccc(CNS(C)(=O)=O)cc2)cc1)C(=O)OC. The molecule has 0 bridgehead atoms. The Kier molecular flexibility index (Phi) is 8.16. The van der Waals surface area contributed by atoms with E-state index in [9.17, 15) is 18.0 Å². The third-order valence-electron chi connectivity index (χ3n) is 4.19. The lowest BCUT2D eigenvalue weighted by Gasteiger charge is -2.14. The van der Waals surface area contributed by atoms with Crippen molar-refractivity contribution >= 4 is 21.9 Å². The molecule has 2 N–H and O–H groups in total. The van der Waals surface area contributed by atoms with Crippen LogP contribution in [0, 0.1) is 11.8 Å². The van der Waals surface area contributed by atoms with E-state index in [2.05, 4.69) is 26.6 Å². The molecule has 0 radical (unpaired) electrons. The second-order valence-electron chi connectivity index (χ2n) is 6.58. The van der Waals surface area contributed by atoms with E-state index >= 15 is 0 Å². The Morgan fingerprint density at radius 3 is 2.00 bits per heavy atom. The van der Waals surface area contributed by atoms with Crippen LogP contribution in [0.25, 0.3) is 0 Å². The van der Waals surface area contributed by atoms with Gasteiger partial charge in [-0.25, -0.2) is 17.9 Å². The number of carbonyl (C=O) groups excluding carboxylic acids is 2. The van der Waals surface area contributed by atoms with Crippen molar-refractivity contribution in [1.82, 2.24) is 10.0 Å². The number of methoxy groups -OCH3 is 1. The second-order valence-corrected chi connectivity index (χ2v) is 8.41. The minimum atomic E-state index is -3.23. The van der Waals surface area contributed by atoms with E-state index in [4.69, 9.17) is 0 Å². The molecule has 0 aromatic heterocycles. The topological polar surface area (TPSA) is 102 Å². The number of benzene rings is 2. The highest BCUT2D eigenvalue weighted by Crippen LogP contribution is 2.07. The summed E-state index contributed by atoms with van der Waals surface area (Å²) >= 11 is 0. The number of ether oxygens (including phenoxy) is 1. The molecule has 0 aliphatic heterocycles. The third kappa shape index (κ3) is 7.35. The average molecular weight is 429 g/mol. The van der Waals surface area contributed by atoms with Crippen molar-refractivity contribution in [3.8, 4) is 11.8 Å². The number of nitrogens with one attached hydrogen (secondary N) is 2. The maximum atomic E-state index is 12.3. The second kappa shape index (κ2) is 10.6. The van der Waals surface area contributed by atoms with Crippen LogP contribution in [0.2, 0.25) is 0 Å². The Balaban J connectivity index is 2.00. The maximum Gasteiger partial charge on any atom is 0.328 e. The van der Waals surface area contributed by atoms with Gasteiger partial charge in [0.1, 0.15) is 6.04 Å². The molecule has 1 atom stereocenters. The zero-order valence-corrected chi connectivity index (χ0v) is 17.9. The first-order valence-corrected chi connectivity index (χ1v) is 11.2. The Morgan fingerprint density at radius 1 is 1.00 bits per heavy atom. The number of hydrogen-bond donors (Lipinski definition) is 2. The molecule has 30 heavy (non-hydrogen) atoms. The van der Waals surface area contributed by atoms with Gasteiger partial charge in [-0.15, -0.1) is 0 Å². The number of esters is 1. The predicted molar refractivity (Wildman–Crippen MR) is 114 cm³/mol. The predicted octanol–water partition coefficient (Wildman–Crippen LogP) is 1.82. The molecule has 1 amide bonds. The molecule has 158 valence electrons. The van der Waals surface area contributed by atoms with E-state index in [1.165, 1.54) is 7.11 Å². The summed E-state index contributed by atoms with van der Waals surface area (Å²) in [5, 5.41) is 2.64. The maximum absolute atomic E-state index is 12.3. The van der Waals surface area contributed by atoms with E-state index in [1.807, 2.05) is 12.1 Å². The van der Waals surface area contributed by atoms with Crippen molar-refractivity contribution in [3.05, 3.63) is 70.8 Å². The molecule has 0 saturated carbocycles. The Labute approximate surface area is 176 Å². The first-order valence-electron chi connectivity index (χ1n) is 9.26. The highest BCUT2D eigenvalue weighted by atomic mass is 32.2. The molecule has 2 rings (SSSR count). The minimum absolute atomic E-state index is 0.227. The lowest BCUT2D eigenvalue weighted by atomic mass is 10.1. The zero-order valence-electron chi connectivity index (χ0n) is 17.1. The Morgan fingerprint density at radius 2 is 1.53 bits per heavy atom. The van der Waals surface area contributed by atoms with Crippen LogP contribution in [0.1, 0.15) is 40.4 Å². The minimum Gasteiger partial charge on any atom is -0.467 e. The summed E-state index contributed by atoms with van der Waals surface area (Å²) in [7, 11) is -1.95. The quantitative estimate of drug-likeness (QED) is 0.517. The largest absolute Gasteiger partial charge is 0.467 e. The Bertz CT molecular complexity index is 1050. The van der Waals surface area contributed by atoms with Gasteiger partial charge >= 0.3 is 5.97 Å². The summed E-state index contributed by atoms with van der Waals surface area (Å²) in [6, 6.07) is 13.3. The molecular formula is C22H24N2O5S. The van der Waals surface area contributed by atoms with Crippen LogP contribution in [-0.2, 0) is 26.1 Å². The van der Waals surface area contributed by atoms with E-state index in [-0.39, 0.29) is 12.5 Å². The summed E-state index contributed by atoms with van der Waals surface area (Å²) in [4.78, 5) is 23.9. The van der Waals surface area contributed by atoms with Crippen molar-refractivity contribution in [2.24, 2.45) is 0 Å². The molecule has 0 saturated heterocycles. The van der Waals surface area contributed by atoms with Gasteiger partial charge in [0.25, 0.3) is 5.91 Å². The van der Waals surface area contributed by atoms with Gasteiger partial charge in [-0.3, -0.25) is 4.79 Å². The molecule has 0 heterocycles. The number of carbonyl (C=O) groups is 2. The first kappa shape index (κ1) is 23.1. The number of amides is 1. The summed E-state index contributed by atoms with van der Waals surface area (Å²) in [6.45, 7) is 2.01. The third-order valence-corrected chi connectivity index (χ3v) is 4.86. The van der Waals surface area contributed by atoms with Crippen molar-refractivity contribution < 1.29 is 22.7 Å². The molecule has 0 aliphatic carbocycles. The van der Waals surface area contributed by atoms with Crippen LogP contribution in [0.5, 0.6) is 0 Å². The van der Waals surface area contributed by atoms with Gasteiger partial charge in [0.05, 0.1) is 13.4 Å². The normalized spacial score (nSPS) is 11.7. The van der Waals surface area contributed by atoms with Gasteiger partial charge in [-0.2, -0.15) is 0 Å². The fraction of sp³-hybridized carbons (Fsp3) is 0.273. The molecule has 0 fully saturated rings. The molecular weight excluding hydrogens is 404 g/mol. The van der Waals surface area contributed by atoms with Crippen LogP contribution >= 0.6 is 0 Å². The van der Waals surface area contributed by atoms with Crippen LogP contribution < -0.4 is 10.0 Å². The van der Waals surface area contributed by atoms with E-state index in [0.717, 1.165) is 22.9 Å². The summed E-state index contributed by atoms with van der Waals surface area (Å²) in [5.74, 6) is 5.20. The lowest BCUT2D eigenvalue weighted by Crippen LogP contribution is -2.41. The molecule has 2 aromatic rings. The van der Waals surface area contributed by atoms with Crippen LogP contribution in [0.3, 0.4) is 0 Å². The molecule has 0 spiro atoms. The molecule has 8 heteroatoms. The van der Waals surface area contributed by atoms with Gasteiger partial charge in [0.15, 0.2) is 0 Å². The summed E-state index contributed by atoms with van der Waals surface area (Å²) < 4.78 is 29.4. The highest BCUT2D eigenvalue weighted by Gasteiger charge is 2.19. The van der Waals surface area contributed by atoms with Gasteiger partial charge in [0.2, 0.25) is 10.0 Å². The van der Waals surface area contributed by atoms with Gasteiger partial charge in [0, 0.05) is 23.2 Å².